The van der Waals surface area contributed by atoms with Crippen LogP contribution in [0.25, 0.3) is 0 Å². The molecule has 0 unspecified atom stereocenters. The Balaban J connectivity index is 3.42. The highest BCUT2D eigenvalue weighted by molar-refractivity contribution is 5.65. The van der Waals surface area contributed by atoms with Gasteiger partial charge in [-0.25, -0.2) is 4.58 Å². The van der Waals surface area contributed by atoms with Gasteiger partial charge in [0.15, 0.2) is 6.21 Å². The topological polar surface area (TPSA) is 12.2 Å². The summed E-state index contributed by atoms with van der Waals surface area (Å²) in [4.78, 5) is 0. The van der Waals surface area contributed by atoms with Crippen LogP contribution in [0.5, 0.6) is 0 Å². The molecule has 0 aromatic carbocycles. The van der Waals surface area contributed by atoms with Crippen molar-refractivity contribution in [2.45, 2.75) is 0 Å². The van der Waals surface area contributed by atoms with Crippen molar-refractivity contribution < 1.29 is 9.31 Å². The lowest BCUT2D eigenvalue weighted by atomic mass is 10.7. The minimum absolute atomic E-state index is 1.62. The van der Waals surface area contributed by atoms with Crippen LogP contribution in [0, 0.1) is 0 Å². The van der Waals surface area contributed by atoms with Crippen LogP contribution < -0.4 is 0 Å². The van der Waals surface area contributed by atoms with Gasteiger partial charge < -0.3 is 4.74 Å². The van der Waals surface area contributed by atoms with E-state index < -0.39 is 0 Å². The molecule has 0 aliphatic carbocycles. The number of rotatable bonds is 2. The average molecular weight is 114 g/mol. The molecule has 0 rings (SSSR count). The maximum absolute atomic E-state index is 4.65. The lowest BCUT2D eigenvalue weighted by molar-refractivity contribution is -0.458. The third-order valence-corrected chi connectivity index (χ3v) is 0.599. The summed E-state index contributed by atoms with van der Waals surface area (Å²) >= 11 is 0. The summed E-state index contributed by atoms with van der Waals surface area (Å²) in [6.45, 7) is 0. The Morgan fingerprint density at radius 1 is 1.38 bits per heavy atom. The van der Waals surface area contributed by atoms with Crippen LogP contribution in [-0.4, -0.2) is 32.0 Å². The van der Waals surface area contributed by atoms with E-state index in [0.29, 0.717) is 0 Å². The molecular formula is C6H12NO+. The number of methoxy groups -OCH3 is 1. The van der Waals surface area contributed by atoms with Crippen LogP contribution in [0.3, 0.4) is 0 Å². The molecule has 0 amide bonds. The fraction of sp³-hybridized carbons (Fsp3) is 0.500. The molecule has 0 aliphatic heterocycles. The van der Waals surface area contributed by atoms with E-state index >= 15 is 0 Å². The van der Waals surface area contributed by atoms with E-state index in [-0.39, 0.29) is 0 Å². The second-order valence-corrected chi connectivity index (χ2v) is 1.68. The predicted molar refractivity (Wildman–Crippen MR) is 34.3 cm³/mol. The van der Waals surface area contributed by atoms with Gasteiger partial charge in [0.2, 0.25) is 0 Å². The summed E-state index contributed by atoms with van der Waals surface area (Å²) in [7, 11) is 5.54. The van der Waals surface area contributed by atoms with Crippen molar-refractivity contribution in [2.75, 3.05) is 21.2 Å². The van der Waals surface area contributed by atoms with Crippen molar-refractivity contribution in [1.82, 2.24) is 0 Å². The molecular weight excluding hydrogens is 102 g/mol. The molecule has 0 aliphatic rings. The van der Waals surface area contributed by atoms with Crippen molar-refractivity contribution in [1.29, 1.82) is 0 Å². The number of hydrogen-bond acceptors (Lipinski definition) is 1. The van der Waals surface area contributed by atoms with E-state index in [1.807, 2.05) is 31.0 Å². The highest BCUT2D eigenvalue weighted by Gasteiger charge is 1.72. The summed E-state index contributed by atoms with van der Waals surface area (Å²) in [5, 5.41) is 0. The van der Waals surface area contributed by atoms with Crippen molar-refractivity contribution >= 4 is 6.21 Å². The molecule has 0 N–H and O–H groups in total. The highest BCUT2D eigenvalue weighted by atomic mass is 16.5. The van der Waals surface area contributed by atoms with Gasteiger partial charge in [-0.3, -0.25) is 0 Å². The number of ether oxygens (including phenoxy) is 1. The molecule has 2 nitrogen and oxygen atoms in total. The molecule has 0 saturated carbocycles. The lowest BCUT2D eigenvalue weighted by Gasteiger charge is -1.80. The number of hydrogen-bond donors (Lipinski definition) is 0. The van der Waals surface area contributed by atoms with Gasteiger partial charge in [-0.15, -0.1) is 0 Å². The van der Waals surface area contributed by atoms with Gasteiger partial charge >= 0.3 is 0 Å². The second kappa shape index (κ2) is 4.37. The Morgan fingerprint density at radius 3 is 2.38 bits per heavy atom. The van der Waals surface area contributed by atoms with E-state index in [9.17, 15) is 0 Å². The van der Waals surface area contributed by atoms with Gasteiger partial charge in [0.05, 0.1) is 13.4 Å². The summed E-state index contributed by atoms with van der Waals surface area (Å²) in [5.74, 6) is 0. The largest absolute Gasteiger partial charge is 0.504 e. The second-order valence-electron chi connectivity index (χ2n) is 1.68. The molecule has 0 heterocycles. The third-order valence-electron chi connectivity index (χ3n) is 0.599. The van der Waals surface area contributed by atoms with Crippen LogP contribution in [-0.2, 0) is 4.74 Å². The van der Waals surface area contributed by atoms with E-state index in [0.717, 1.165) is 0 Å². The zero-order chi connectivity index (χ0) is 6.41. The highest BCUT2D eigenvalue weighted by Crippen LogP contribution is 1.65. The fourth-order valence-corrected chi connectivity index (χ4v) is 0.286. The third kappa shape index (κ3) is 5.21. The first kappa shape index (κ1) is 7.21. The minimum atomic E-state index is 1.62. The smallest absolute Gasteiger partial charge is 0.165 e. The van der Waals surface area contributed by atoms with E-state index in [1.54, 1.807) is 13.4 Å². The number of allylic oxidation sites excluding steroid dienone is 1. The van der Waals surface area contributed by atoms with Crippen LogP contribution in [0.1, 0.15) is 0 Å². The zero-order valence-electron chi connectivity index (χ0n) is 5.59. The molecule has 2 heteroatoms. The Labute approximate surface area is 50.1 Å². The van der Waals surface area contributed by atoms with Crippen LogP contribution in [0.4, 0.5) is 0 Å². The first-order valence-electron chi connectivity index (χ1n) is 2.46. The van der Waals surface area contributed by atoms with Gasteiger partial charge in [-0.1, -0.05) is 0 Å². The average Bonchev–Trinajstić information content (AvgIpc) is 1.66. The Bertz CT molecular complexity index is 101. The molecule has 0 bridgehead atoms. The summed E-state index contributed by atoms with van der Waals surface area (Å²) in [6.07, 6.45) is 5.36. The Kier molecular flexibility index (Phi) is 3.94. The van der Waals surface area contributed by atoms with Crippen molar-refractivity contribution in [3.8, 4) is 0 Å². The number of nitrogens with zero attached hydrogens (tertiary/aromatic N) is 1. The monoisotopic (exact) mass is 114 g/mol. The first-order chi connectivity index (χ1) is 3.77. The van der Waals surface area contributed by atoms with E-state index in [2.05, 4.69) is 4.74 Å². The van der Waals surface area contributed by atoms with Gasteiger partial charge in [0.25, 0.3) is 0 Å². The fourth-order valence-electron chi connectivity index (χ4n) is 0.286. The molecule has 0 saturated heterocycles. The predicted octanol–water partition coefficient (Wildman–Crippen LogP) is 0.489. The zero-order valence-corrected chi connectivity index (χ0v) is 5.59. The van der Waals surface area contributed by atoms with E-state index in [4.69, 9.17) is 0 Å². The van der Waals surface area contributed by atoms with Gasteiger partial charge in [0.1, 0.15) is 14.1 Å². The lowest BCUT2D eigenvalue weighted by Crippen LogP contribution is -1.95. The molecule has 46 valence electrons. The Morgan fingerprint density at radius 2 is 2.00 bits per heavy atom. The first-order valence-corrected chi connectivity index (χ1v) is 2.46. The van der Waals surface area contributed by atoms with Crippen molar-refractivity contribution in [3.05, 3.63) is 12.3 Å². The van der Waals surface area contributed by atoms with E-state index in [1.165, 1.54) is 0 Å². The van der Waals surface area contributed by atoms with Gasteiger partial charge in [-0.2, -0.15) is 0 Å². The van der Waals surface area contributed by atoms with Crippen molar-refractivity contribution in [2.24, 2.45) is 0 Å². The molecule has 0 fully saturated rings. The minimum Gasteiger partial charge on any atom is -0.504 e. The van der Waals surface area contributed by atoms with Gasteiger partial charge in [-0.05, 0) is 0 Å². The maximum Gasteiger partial charge on any atom is 0.165 e. The van der Waals surface area contributed by atoms with Gasteiger partial charge in [0, 0.05) is 6.08 Å². The Hall–Kier alpha value is -0.790. The van der Waals surface area contributed by atoms with Crippen molar-refractivity contribution in [3.63, 3.8) is 0 Å². The van der Waals surface area contributed by atoms with Crippen LogP contribution in [0.15, 0.2) is 12.3 Å². The molecule has 0 spiro atoms. The van der Waals surface area contributed by atoms with Crippen LogP contribution in [0.2, 0.25) is 0 Å². The summed E-state index contributed by atoms with van der Waals surface area (Å²) in [6, 6.07) is 0. The standard InChI is InChI=1S/C6H12NO/c1-7(2)5-4-6-8-3/h4-6H,1-3H3/q+1/b6-4+. The summed E-state index contributed by atoms with van der Waals surface area (Å²) in [5.41, 5.74) is 0. The molecule has 0 aromatic heterocycles. The molecule has 0 radical (unpaired) electrons. The normalized spacial score (nSPS) is 9.38. The molecule has 0 aromatic rings. The van der Waals surface area contributed by atoms with Crippen LogP contribution >= 0.6 is 0 Å². The maximum atomic E-state index is 4.65. The molecule has 8 heavy (non-hydrogen) atoms. The SMILES string of the molecule is CO/C=C/C=[N+](C)C. The summed E-state index contributed by atoms with van der Waals surface area (Å²) < 4.78 is 6.59. The molecule has 0 atom stereocenters. The quantitative estimate of drug-likeness (QED) is 0.289.